The van der Waals surface area contributed by atoms with Gasteiger partial charge in [0.1, 0.15) is 5.69 Å². The molecule has 1 fully saturated rings. The van der Waals surface area contributed by atoms with E-state index >= 15 is 0 Å². The molecule has 3 rings (SSSR count). The largest absolute Gasteiger partial charge is 0.380 e. The molecule has 1 aromatic heterocycles. The van der Waals surface area contributed by atoms with Crippen molar-refractivity contribution in [2.24, 2.45) is 12.5 Å². The van der Waals surface area contributed by atoms with Crippen LogP contribution in [0.5, 0.6) is 0 Å². The molecule has 0 atom stereocenters. The fourth-order valence-electron chi connectivity index (χ4n) is 3.06. The quantitative estimate of drug-likeness (QED) is 0.870. The van der Waals surface area contributed by atoms with Gasteiger partial charge in [-0.05, 0) is 25.1 Å². The van der Waals surface area contributed by atoms with Crippen LogP contribution in [-0.4, -0.2) is 42.2 Å². The smallest absolute Gasteiger partial charge is 0.270 e. The Morgan fingerprint density at radius 1 is 1.36 bits per heavy atom. The van der Waals surface area contributed by atoms with Crippen LogP contribution in [0.25, 0.3) is 10.9 Å². The van der Waals surface area contributed by atoms with Crippen LogP contribution in [0.1, 0.15) is 23.0 Å². The van der Waals surface area contributed by atoms with Crippen molar-refractivity contribution in [1.82, 2.24) is 9.47 Å². The molecule has 2 aromatic rings. The minimum Gasteiger partial charge on any atom is -0.380 e. The molecule has 5 heteroatoms. The number of aromatic nitrogens is 1. The van der Waals surface area contributed by atoms with Crippen LogP contribution in [0.4, 0.5) is 0 Å². The maximum atomic E-state index is 12.7. The van der Waals surface area contributed by atoms with E-state index in [-0.39, 0.29) is 23.7 Å². The lowest BCUT2D eigenvalue weighted by atomic mass is 9.88. The molecule has 120 valence electrons. The summed E-state index contributed by atoms with van der Waals surface area (Å²) in [5.41, 5.74) is 3.14. The van der Waals surface area contributed by atoms with E-state index in [1.165, 1.54) is 5.56 Å². The van der Waals surface area contributed by atoms with Gasteiger partial charge in [-0.25, -0.2) is 0 Å². The first-order valence-electron chi connectivity index (χ1n) is 7.29. The number of hydrogen-bond acceptors (Lipinski definition) is 2. The van der Waals surface area contributed by atoms with Gasteiger partial charge in [0.05, 0.1) is 13.2 Å². The van der Waals surface area contributed by atoms with Gasteiger partial charge in [-0.1, -0.05) is 18.6 Å². The Morgan fingerprint density at radius 3 is 2.64 bits per heavy atom. The number of nitrogens with zero attached hydrogens (tertiary/aromatic N) is 2. The van der Waals surface area contributed by atoms with E-state index in [9.17, 15) is 4.79 Å². The lowest BCUT2D eigenvalue weighted by Gasteiger charge is -2.40. The monoisotopic (exact) mass is 322 g/mol. The van der Waals surface area contributed by atoms with Crippen molar-refractivity contribution in [3.8, 4) is 0 Å². The van der Waals surface area contributed by atoms with Gasteiger partial charge in [-0.2, -0.15) is 0 Å². The van der Waals surface area contributed by atoms with E-state index < -0.39 is 0 Å². The second kappa shape index (κ2) is 5.94. The Bertz CT molecular complexity index is 704. The summed E-state index contributed by atoms with van der Waals surface area (Å²) in [5.74, 6) is 0.0690. The lowest BCUT2D eigenvalue weighted by Crippen LogP contribution is -2.49. The van der Waals surface area contributed by atoms with Gasteiger partial charge in [-0.3, -0.25) is 4.79 Å². The molecule has 4 nitrogen and oxygen atoms in total. The minimum absolute atomic E-state index is 0. The molecule has 0 spiro atoms. The van der Waals surface area contributed by atoms with Gasteiger partial charge in [0.25, 0.3) is 5.91 Å². The average molecular weight is 323 g/mol. The highest BCUT2D eigenvalue weighted by molar-refractivity contribution is 5.98. The summed E-state index contributed by atoms with van der Waals surface area (Å²) < 4.78 is 7.25. The molecule has 0 unspecified atom stereocenters. The second-order valence-corrected chi connectivity index (χ2v) is 6.62. The zero-order valence-corrected chi connectivity index (χ0v) is 14.4. The normalized spacial score (nSPS) is 16.0. The van der Waals surface area contributed by atoms with Gasteiger partial charge >= 0.3 is 0 Å². The molecule has 0 bridgehead atoms. The number of amides is 1. The zero-order valence-electron chi connectivity index (χ0n) is 13.5. The summed E-state index contributed by atoms with van der Waals surface area (Å²) in [5, 5.41) is 1.12. The van der Waals surface area contributed by atoms with E-state index in [4.69, 9.17) is 4.74 Å². The summed E-state index contributed by atoms with van der Waals surface area (Å²) in [6, 6.07) is 8.25. The van der Waals surface area contributed by atoms with Gasteiger partial charge < -0.3 is 14.2 Å². The minimum atomic E-state index is 0. The highest BCUT2D eigenvalue weighted by Crippen LogP contribution is 2.28. The Kier molecular flexibility index (Phi) is 4.54. The van der Waals surface area contributed by atoms with E-state index in [1.807, 2.05) is 29.6 Å². The molecule has 0 aliphatic carbocycles. The van der Waals surface area contributed by atoms with E-state index in [1.54, 1.807) is 0 Å². The van der Waals surface area contributed by atoms with Crippen molar-refractivity contribution in [3.63, 3.8) is 0 Å². The standard InChI is InChI=1S/C17H22N2O2.ClH/c1-12-5-6-14-13(7-12)8-15(19(14)4)16(20)18(3)9-17(2)10-21-11-17;/h5-8H,9-11H2,1-4H3;1H. The van der Waals surface area contributed by atoms with Crippen molar-refractivity contribution in [2.45, 2.75) is 13.8 Å². The van der Waals surface area contributed by atoms with Crippen molar-refractivity contribution in [1.29, 1.82) is 0 Å². The van der Waals surface area contributed by atoms with E-state index in [0.29, 0.717) is 0 Å². The number of hydrogen-bond donors (Lipinski definition) is 0. The lowest BCUT2D eigenvalue weighted by molar-refractivity contribution is -0.109. The summed E-state index contributed by atoms with van der Waals surface area (Å²) in [6.07, 6.45) is 0. The summed E-state index contributed by atoms with van der Waals surface area (Å²) in [7, 11) is 3.82. The van der Waals surface area contributed by atoms with Crippen molar-refractivity contribution >= 4 is 29.2 Å². The number of carbonyl (C=O) groups excluding carboxylic acids is 1. The Balaban J connectivity index is 0.00000176. The predicted molar refractivity (Wildman–Crippen MR) is 90.8 cm³/mol. The maximum Gasteiger partial charge on any atom is 0.270 e. The summed E-state index contributed by atoms with van der Waals surface area (Å²) >= 11 is 0. The molecule has 1 aromatic carbocycles. The van der Waals surface area contributed by atoms with Gasteiger partial charge in [0.15, 0.2) is 0 Å². The molecule has 1 saturated heterocycles. The maximum absolute atomic E-state index is 12.7. The van der Waals surface area contributed by atoms with E-state index in [2.05, 4.69) is 32.0 Å². The third kappa shape index (κ3) is 2.85. The number of fused-ring (bicyclic) bond motifs is 1. The fourth-order valence-corrected chi connectivity index (χ4v) is 3.06. The second-order valence-electron chi connectivity index (χ2n) is 6.62. The molecule has 2 heterocycles. The highest BCUT2D eigenvalue weighted by Gasteiger charge is 2.36. The van der Waals surface area contributed by atoms with Crippen molar-refractivity contribution in [2.75, 3.05) is 26.8 Å². The number of halogens is 1. The molecule has 22 heavy (non-hydrogen) atoms. The number of benzene rings is 1. The Labute approximate surface area is 137 Å². The van der Waals surface area contributed by atoms with E-state index in [0.717, 1.165) is 36.4 Å². The Hall–Kier alpha value is -1.52. The molecule has 0 radical (unpaired) electrons. The van der Waals surface area contributed by atoms with Crippen LogP contribution < -0.4 is 0 Å². The predicted octanol–water partition coefficient (Wildman–Crippen LogP) is 3.02. The van der Waals surface area contributed by atoms with Crippen molar-refractivity contribution < 1.29 is 9.53 Å². The fraction of sp³-hybridized carbons (Fsp3) is 0.471. The third-order valence-corrected chi connectivity index (χ3v) is 4.28. The van der Waals surface area contributed by atoms with Crippen LogP contribution in [0, 0.1) is 12.3 Å². The molecule has 1 amide bonds. The van der Waals surface area contributed by atoms with Crippen LogP contribution in [0.2, 0.25) is 0 Å². The topological polar surface area (TPSA) is 34.5 Å². The molecular formula is C17H23ClN2O2. The molecular weight excluding hydrogens is 300 g/mol. The first-order valence-corrected chi connectivity index (χ1v) is 7.29. The van der Waals surface area contributed by atoms with Crippen LogP contribution in [-0.2, 0) is 11.8 Å². The van der Waals surface area contributed by atoms with Crippen LogP contribution in [0.3, 0.4) is 0 Å². The van der Waals surface area contributed by atoms with Gasteiger partial charge in [0.2, 0.25) is 0 Å². The number of rotatable bonds is 3. The van der Waals surface area contributed by atoms with Gasteiger partial charge in [-0.15, -0.1) is 12.4 Å². The first-order chi connectivity index (χ1) is 9.89. The van der Waals surface area contributed by atoms with Crippen LogP contribution in [0.15, 0.2) is 24.3 Å². The highest BCUT2D eigenvalue weighted by atomic mass is 35.5. The number of ether oxygens (including phenoxy) is 1. The molecule has 1 aliphatic rings. The number of aryl methyl sites for hydroxylation is 2. The zero-order chi connectivity index (χ0) is 15.2. The summed E-state index contributed by atoms with van der Waals surface area (Å²) in [6.45, 7) is 6.42. The van der Waals surface area contributed by atoms with Crippen LogP contribution >= 0.6 is 12.4 Å². The molecule has 1 aliphatic heterocycles. The molecule has 0 saturated carbocycles. The molecule has 0 N–H and O–H groups in total. The van der Waals surface area contributed by atoms with Crippen molar-refractivity contribution in [3.05, 3.63) is 35.5 Å². The van der Waals surface area contributed by atoms with Gasteiger partial charge in [0, 0.05) is 37.0 Å². The third-order valence-electron chi connectivity index (χ3n) is 4.28. The Morgan fingerprint density at radius 2 is 2.05 bits per heavy atom. The summed E-state index contributed by atoms with van der Waals surface area (Å²) in [4.78, 5) is 14.5. The first kappa shape index (κ1) is 16.8. The SMILES string of the molecule is Cc1ccc2c(c1)cc(C(=O)N(C)CC1(C)COC1)n2C.Cl. The number of carbonyl (C=O) groups is 1. The average Bonchev–Trinajstić information content (AvgIpc) is 2.72.